The lowest BCUT2D eigenvalue weighted by atomic mass is 10.1. The van der Waals surface area contributed by atoms with E-state index in [2.05, 4.69) is 10.3 Å². The van der Waals surface area contributed by atoms with Crippen molar-refractivity contribution in [3.8, 4) is 0 Å². The Labute approximate surface area is 135 Å². The van der Waals surface area contributed by atoms with E-state index in [0.29, 0.717) is 21.6 Å². The first-order valence-electron chi connectivity index (χ1n) is 6.85. The molecule has 0 aliphatic rings. The number of aryl methyl sites for hydroxylation is 1. The Morgan fingerprint density at radius 3 is 2.48 bits per heavy atom. The van der Waals surface area contributed by atoms with Crippen LogP contribution in [0.25, 0.3) is 10.9 Å². The van der Waals surface area contributed by atoms with Crippen molar-refractivity contribution in [1.82, 2.24) is 4.98 Å². The molecule has 1 N–H and O–H groups in total. The molecule has 0 saturated heterocycles. The van der Waals surface area contributed by atoms with Gasteiger partial charge in [-0.2, -0.15) is 13.2 Å². The van der Waals surface area contributed by atoms with Gasteiger partial charge in [-0.15, -0.1) is 0 Å². The van der Waals surface area contributed by atoms with Crippen LogP contribution in [0.5, 0.6) is 0 Å². The number of halogens is 4. The van der Waals surface area contributed by atoms with Crippen LogP contribution in [-0.2, 0) is 6.18 Å². The number of hydrogen-bond acceptors (Lipinski definition) is 2. The molecule has 0 aliphatic carbocycles. The number of aromatic nitrogens is 1. The molecular weight excluding hydrogens is 325 g/mol. The van der Waals surface area contributed by atoms with E-state index in [0.717, 1.165) is 11.6 Å². The number of pyridine rings is 1. The molecule has 3 rings (SSSR count). The smallest absolute Gasteiger partial charge is 0.354 e. The van der Waals surface area contributed by atoms with Gasteiger partial charge in [0.25, 0.3) is 0 Å². The standard InChI is InChI=1S/C17H12ClF3N2/c1-10-13(18)7-6-11-14(8-9-22-16(10)11)23-15-5-3-2-4-12(15)17(19,20)21/h2-9H,1H3,(H,22,23). The van der Waals surface area contributed by atoms with Crippen molar-refractivity contribution in [3.63, 3.8) is 0 Å². The largest absolute Gasteiger partial charge is 0.418 e. The highest BCUT2D eigenvalue weighted by atomic mass is 35.5. The number of rotatable bonds is 2. The molecule has 0 amide bonds. The second-order valence-corrected chi connectivity index (χ2v) is 5.50. The van der Waals surface area contributed by atoms with Crippen molar-refractivity contribution in [2.24, 2.45) is 0 Å². The minimum absolute atomic E-state index is 0.0000954. The summed E-state index contributed by atoms with van der Waals surface area (Å²) in [6.07, 6.45) is -2.88. The molecule has 2 nitrogen and oxygen atoms in total. The Morgan fingerprint density at radius 1 is 1.00 bits per heavy atom. The lowest BCUT2D eigenvalue weighted by Gasteiger charge is -2.16. The molecule has 1 heterocycles. The molecule has 23 heavy (non-hydrogen) atoms. The molecule has 2 aromatic carbocycles. The van der Waals surface area contributed by atoms with E-state index in [1.807, 2.05) is 6.92 Å². The zero-order valence-electron chi connectivity index (χ0n) is 12.1. The summed E-state index contributed by atoms with van der Waals surface area (Å²) in [5.74, 6) is 0. The summed E-state index contributed by atoms with van der Waals surface area (Å²) in [7, 11) is 0. The highest BCUT2D eigenvalue weighted by molar-refractivity contribution is 6.32. The molecule has 0 bridgehead atoms. The van der Waals surface area contributed by atoms with Gasteiger partial charge < -0.3 is 5.32 Å². The third-order valence-electron chi connectivity index (χ3n) is 3.60. The molecule has 0 saturated carbocycles. The summed E-state index contributed by atoms with van der Waals surface area (Å²) < 4.78 is 39.3. The molecule has 0 aliphatic heterocycles. The first kappa shape index (κ1) is 15.6. The van der Waals surface area contributed by atoms with Crippen molar-refractivity contribution >= 4 is 33.9 Å². The Morgan fingerprint density at radius 2 is 1.74 bits per heavy atom. The van der Waals surface area contributed by atoms with Crippen LogP contribution in [0.15, 0.2) is 48.7 Å². The van der Waals surface area contributed by atoms with Crippen molar-refractivity contribution in [2.45, 2.75) is 13.1 Å². The molecule has 1 aromatic heterocycles. The van der Waals surface area contributed by atoms with Crippen LogP contribution in [0, 0.1) is 6.92 Å². The van der Waals surface area contributed by atoms with Gasteiger partial charge in [-0.3, -0.25) is 4.98 Å². The summed E-state index contributed by atoms with van der Waals surface area (Å²) in [5, 5.41) is 4.15. The minimum Gasteiger partial charge on any atom is -0.354 e. The first-order valence-corrected chi connectivity index (χ1v) is 7.23. The lowest BCUT2D eigenvalue weighted by molar-refractivity contribution is -0.136. The van der Waals surface area contributed by atoms with Crippen LogP contribution in [0.2, 0.25) is 5.02 Å². The van der Waals surface area contributed by atoms with Crippen LogP contribution >= 0.6 is 11.6 Å². The fraction of sp³-hybridized carbons (Fsp3) is 0.118. The van der Waals surface area contributed by atoms with Gasteiger partial charge in [-0.1, -0.05) is 23.7 Å². The third-order valence-corrected chi connectivity index (χ3v) is 4.01. The second kappa shape index (κ2) is 5.74. The van der Waals surface area contributed by atoms with Gasteiger partial charge in [0.05, 0.1) is 16.8 Å². The summed E-state index contributed by atoms with van der Waals surface area (Å²) in [5.41, 5.74) is 1.28. The van der Waals surface area contributed by atoms with Gasteiger partial charge in [0.1, 0.15) is 0 Å². The van der Waals surface area contributed by atoms with Crippen LogP contribution in [0.3, 0.4) is 0 Å². The summed E-state index contributed by atoms with van der Waals surface area (Å²) >= 11 is 6.08. The second-order valence-electron chi connectivity index (χ2n) is 5.10. The molecule has 0 fully saturated rings. The van der Waals surface area contributed by atoms with Gasteiger partial charge in [0.2, 0.25) is 0 Å². The lowest BCUT2D eigenvalue weighted by Crippen LogP contribution is -2.08. The quantitative estimate of drug-likeness (QED) is 0.624. The molecular formula is C17H12ClF3N2. The molecule has 0 atom stereocenters. The average Bonchev–Trinajstić information content (AvgIpc) is 2.51. The van der Waals surface area contributed by atoms with Gasteiger partial charge in [-0.05, 0) is 42.8 Å². The van der Waals surface area contributed by atoms with E-state index in [9.17, 15) is 13.2 Å². The van der Waals surface area contributed by atoms with Crippen molar-refractivity contribution < 1.29 is 13.2 Å². The molecule has 3 aromatic rings. The van der Waals surface area contributed by atoms with Gasteiger partial charge >= 0.3 is 6.18 Å². The Hall–Kier alpha value is -2.27. The van der Waals surface area contributed by atoms with Crippen molar-refractivity contribution in [1.29, 1.82) is 0 Å². The van der Waals surface area contributed by atoms with Crippen LogP contribution in [0.4, 0.5) is 24.5 Å². The molecule has 0 unspecified atom stereocenters. The van der Waals surface area contributed by atoms with Gasteiger partial charge in [-0.25, -0.2) is 0 Å². The maximum absolute atomic E-state index is 13.1. The number of benzene rings is 2. The highest BCUT2D eigenvalue weighted by Crippen LogP contribution is 2.37. The number of hydrogen-bond donors (Lipinski definition) is 1. The summed E-state index contributed by atoms with van der Waals surface area (Å²) in [6.45, 7) is 1.82. The Balaban J connectivity index is 2.12. The number of fused-ring (bicyclic) bond motifs is 1. The molecule has 0 spiro atoms. The number of nitrogens with zero attached hydrogens (tertiary/aromatic N) is 1. The fourth-order valence-corrected chi connectivity index (χ4v) is 2.58. The highest BCUT2D eigenvalue weighted by Gasteiger charge is 2.33. The normalized spacial score (nSPS) is 11.7. The summed E-state index contributed by atoms with van der Waals surface area (Å²) in [6, 6.07) is 10.5. The van der Waals surface area contributed by atoms with E-state index in [-0.39, 0.29) is 5.69 Å². The zero-order valence-corrected chi connectivity index (χ0v) is 12.8. The molecule has 118 valence electrons. The first-order chi connectivity index (χ1) is 10.9. The Kier molecular flexibility index (Phi) is 3.90. The summed E-state index contributed by atoms with van der Waals surface area (Å²) in [4.78, 5) is 4.27. The predicted molar refractivity (Wildman–Crippen MR) is 86.2 cm³/mol. The maximum atomic E-state index is 13.1. The third kappa shape index (κ3) is 2.97. The minimum atomic E-state index is -4.42. The monoisotopic (exact) mass is 336 g/mol. The SMILES string of the molecule is Cc1c(Cl)ccc2c(Nc3ccccc3C(F)(F)F)ccnc12. The number of alkyl halides is 3. The zero-order chi connectivity index (χ0) is 16.6. The van der Waals surface area contributed by atoms with Crippen molar-refractivity contribution in [2.75, 3.05) is 5.32 Å². The average molecular weight is 337 g/mol. The van der Waals surface area contributed by atoms with E-state index >= 15 is 0 Å². The van der Waals surface area contributed by atoms with Crippen LogP contribution in [-0.4, -0.2) is 4.98 Å². The Bertz CT molecular complexity index is 875. The van der Waals surface area contributed by atoms with E-state index in [1.54, 1.807) is 30.5 Å². The van der Waals surface area contributed by atoms with E-state index in [1.165, 1.54) is 12.1 Å². The number of anilines is 2. The van der Waals surface area contributed by atoms with Gasteiger partial charge in [0, 0.05) is 22.3 Å². The van der Waals surface area contributed by atoms with E-state index in [4.69, 9.17) is 11.6 Å². The predicted octanol–water partition coefficient (Wildman–Crippen LogP) is 5.96. The van der Waals surface area contributed by atoms with E-state index < -0.39 is 11.7 Å². The number of para-hydroxylation sites is 1. The van der Waals surface area contributed by atoms with Gasteiger partial charge in [0.15, 0.2) is 0 Å². The van der Waals surface area contributed by atoms with Crippen LogP contribution < -0.4 is 5.32 Å². The topological polar surface area (TPSA) is 24.9 Å². The maximum Gasteiger partial charge on any atom is 0.418 e. The number of nitrogens with one attached hydrogen (secondary N) is 1. The van der Waals surface area contributed by atoms with Crippen molar-refractivity contribution in [3.05, 3.63) is 64.8 Å². The molecule has 6 heteroatoms. The van der Waals surface area contributed by atoms with Crippen LogP contribution in [0.1, 0.15) is 11.1 Å². The molecule has 0 radical (unpaired) electrons. The fourth-order valence-electron chi connectivity index (χ4n) is 2.43.